The zero-order chi connectivity index (χ0) is 33.7. The molecule has 48 heavy (non-hydrogen) atoms. The molecule has 1 amide bonds. The number of carbonyl (C=O) groups is 1. The standard InChI is InChI=1S/C37H45FN6O4/c1-6-22-9-7-10-23-11-8-12-28(30(22)23)32-31(38)33-29(17-39-32)34(41-35(40-33)47-21-27-16-15-26(20-45)42(27)5)43-18-24-13-14-25(19-43)44(24)36(46)48-37(2,3)4/h7-12,17,24-27,45H,6,13-16,18-21H2,1-5H3/t24?,25?,26-,27-/m0/s1. The molecule has 2 bridgehead atoms. The molecule has 4 aromatic rings. The number of likely N-dealkylation sites (N-methyl/N-ethyl adjacent to an activating group) is 1. The number of ether oxygens (including phenoxy) is 2. The van der Waals surface area contributed by atoms with E-state index in [9.17, 15) is 9.90 Å². The molecule has 3 fully saturated rings. The maximum absolute atomic E-state index is 16.9. The Hall–Kier alpha value is -4.09. The zero-order valence-corrected chi connectivity index (χ0v) is 28.4. The number of amides is 1. The van der Waals surface area contributed by atoms with E-state index in [-0.39, 0.29) is 54.1 Å². The van der Waals surface area contributed by atoms with Crippen molar-refractivity contribution in [1.82, 2.24) is 24.8 Å². The fraction of sp³-hybridized carbons (Fsp3) is 0.514. The van der Waals surface area contributed by atoms with Crippen molar-refractivity contribution < 1.29 is 23.8 Å². The van der Waals surface area contributed by atoms with Gasteiger partial charge in [0.1, 0.15) is 29.2 Å². The number of aliphatic hydroxyl groups excluding tert-OH is 1. The number of piperazine rings is 1. The SMILES string of the molecule is CCc1cccc2cccc(-c3ncc4c(N5CC6CCC(C5)N6C(=O)OC(C)(C)C)nc(OC[C@@H]5CC[C@@H](CO)N5C)nc4c3F)c12. The molecule has 5 heterocycles. The summed E-state index contributed by atoms with van der Waals surface area (Å²) in [6, 6.07) is 12.2. The van der Waals surface area contributed by atoms with Crippen molar-refractivity contribution in [1.29, 1.82) is 0 Å². The van der Waals surface area contributed by atoms with Gasteiger partial charge in [0.15, 0.2) is 5.82 Å². The Morgan fingerprint density at radius 1 is 1.02 bits per heavy atom. The van der Waals surface area contributed by atoms with Crippen molar-refractivity contribution in [2.75, 3.05) is 38.3 Å². The van der Waals surface area contributed by atoms with Gasteiger partial charge in [-0.25, -0.2) is 9.18 Å². The summed E-state index contributed by atoms with van der Waals surface area (Å²) in [5.74, 6) is 0.0296. The van der Waals surface area contributed by atoms with Crippen LogP contribution >= 0.6 is 0 Å². The summed E-state index contributed by atoms with van der Waals surface area (Å²) in [5, 5.41) is 12.3. The minimum absolute atomic E-state index is 0.0595. The van der Waals surface area contributed by atoms with Crippen LogP contribution in [0.25, 0.3) is 32.9 Å². The lowest BCUT2D eigenvalue weighted by Crippen LogP contribution is -2.57. The zero-order valence-electron chi connectivity index (χ0n) is 28.4. The highest BCUT2D eigenvalue weighted by molar-refractivity contribution is 6.00. The molecule has 1 N–H and O–H groups in total. The summed E-state index contributed by atoms with van der Waals surface area (Å²) >= 11 is 0. The van der Waals surface area contributed by atoms with Crippen LogP contribution in [-0.2, 0) is 11.2 Å². The van der Waals surface area contributed by atoms with E-state index in [2.05, 4.69) is 27.8 Å². The Morgan fingerprint density at radius 2 is 1.73 bits per heavy atom. The first-order valence-electron chi connectivity index (χ1n) is 17.1. The quantitative estimate of drug-likeness (QED) is 0.258. The van der Waals surface area contributed by atoms with Crippen LogP contribution in [0.2, 0.25) is 0 Å². The first-order valence-corrected chi connectivity index (χ1v) is 17.1. The third kappa shape index (κ3) is 5.91. The van der Waals surface area contributed by atoms with E-state index in [0.717, 1.165) is 54.0 Å². The van der Waals surface area contributed by atoms with Gasteiger partial charge in [0.2, 0.25) is 0 Å². The smallest absolute Gasteiger partial charge is 0.410 e. The Labute approximate surface area is 280 Å². The number of aryl methyl sites for hydroxylation is 1. The highest BCUT2D eigenvalue weighted by Crippen LogP contribution is 2.39. The molecule has 2 aromatic carbocycles. The van der Waals surface area contributed by atoms with Crippen LogP contribution < -0.4 is 9.64 Å². The molecule has 10 nitrogen and oxygen atoms in total. The van der Waals surface area contributed by atoms with Crippen molar-refractivity contribution in [3.05, 3.63) is 54.0 Å². The lowest BCUT2D eigenvalue weighted by atomic mass is 9.95. The third-order valence-electron chi connectivity index (χ3n) is 10.3. The molecule has 0 aliphatic carbocycles. The summed E-state index contributed by atoms with van der Waals surface area (Å²) in [6.45, 7) is 9.19. The van der Waals surface area contributed by atoms with Gasteiger partial charge in [-0.2, -0.15) is 9.97 Å². The van der Waals surface area contributed by atoms with Crippen molar-refractivity contribution in [2.24, 2.45) is 0 Å². The summed E-state index contributed by atoms with van der Waals surface area (Å²) in [5.41, 5.74) is 1.65. The molecule has 2 unspecified atom stereocenters. The van der Waals surface area contributed by atoms with Gasteiger partial charge in [-0.15, -0.1) is 0 Å². The van der Waals surface area contributed by atoms with Crippen molar-refractivity contribution in [3.8, 4) is 17.3 Å². The van der Waals surface area contributed by atoms with Crippen molar-refractivity contribution in [2.45, 2.75) is 89.6 Å². The van der Waals surface area contributed by atoms with Crippen molar-refractivity contribution >= 4 is 33.6 Å². The van der Waals surface area contributed by atoms with Gasteiger partial charge < -0.3 is 19.5 Å². The maximum Gasteiger partial charge on any atom is 0.410 e. The molecule has 0 spiro atoms. The molecule has 11 heteroatoms. The number of halogens is 1. The first-order chi connectivity index (χ1) is 23.1. The number of aromatic nitrogens is 3. The fourth-order valence-corrected chi connectivity index (χ4v) is 7.80. The number of carbonyl (C=O) groups excluding carboxylic acids is 1. The van der Waals surface area contributed by atoms with E-state index < -0.39 is 11.4 Å². The molecule has 3 saturated heterocycles. The number of benzene rings is 2. The highest BCUT2D eigenvalue weighted by atomic mass is 19.1. The number of hydrogen-bond acceptors (Lipinski definition) is 9. The summed E-state index contributed by atoms with van der Waals surface area (Å²) < 4.78 is 28.9. The minimum Gasteiger partial charge on any atom is -0.462 e. The highest BCUT2D eigenvalue weighted by Gasteiger charge is 2.45. The summed E-state index contributed by atoms with van der Waals surface area (Å²) in [7, 11) is 1.99. The molecule has 3 aliphatic heterocycles. The average molecular weight is 657 g/mol. The Balaban J connectivity index is 1.29. The van der Waals surface area contributed by atoms with Crippen LogP contribution in [0.4, 0.5) is 15.0 Å². The Bertz CT molecular complexity index is 1830. The van der Waals surface area contributed by atoms with E-state index in [1.807, 2.05) is 63.1 Å². The molecule has 2 aromatic heterocycles. The normalized spacial score (nSPS) is 23.0. The second kappa shape index (κ2) is 12.7. The number of hydrogen-bond donors (Lipinski definition) is 1. The van der Waals surface area contributed by atoms with Gasteiger partial charge in [0.05, 0.1) is 24.1 Å². The topological polar surface area (TPSA) is 104 Å². The molecular weight excluding hydrogens is 611 g/mol. The van der Waals surface area contributed by atoms with Gasteiger partial charge in [0.25, 0.3) is 0 Å². The van der Waals surface area contributed by atoms with Gasteiger partial charge in [-0.3, -0.25) is 14.8 Å². The summed E-state index contributed by atoms with van der Waals surface area (Å²) in [6.07, 6.45) is 5.64. The largest absolute Gasteiger partial charge is 0.462 e. The van der Waals surface area contributed by atoms with Crippen molar-refractivity contribution in [3.63, 3.8) is 0 Å². The van der Waals surface area contributed by atoms with Crippen LogP contribution in [0.3, 0.4) is 0 Å². The van der Waals surface area contributed by atoms with Crippen LogP contribution in [0.15, 0.2) is 42.6 Å². The molecule has 0 saturated carbocycles. The van der Waals surface area contributed by atoms with Crippen LogP contribution in [-0.4, -0.2) is 99.1 Å². The lowest BCUT2D eigenvalue weighted by molar-refractivity contribution is 0.0122. The van der Waals surface area contributed by atoms with Gasteiger partial charge in [-0.05, 0) is 76.3 Å². The second-order valence-electron chi connectivity index (χ2n) is 14.4. The van der Waals surface area contributed by atoms with Gasteiger partial charge in [-0.1, -0.05) is 43.3 Å². The van der Waals surface area contributed by atoms with E-state index in [4.69, 9.17) is 19.4 Å². The lowest BCUT2D eigenvalue weighted by Gasteiger charge is -2.42. The number of anilines is 1. The molecule has 254 valence electrons. The number of aliphatic hydroxyl groups is 1. The number of likely N-dealkylation sites (tertiary alicyclic amines) is 1. The maximum atomic E-state index is 16.9. The predicted octanol–water partition coefficient (Wildman–Crippen LogP) is 5.97. The summed E-state index contributed by atoms with van der Waals surface area (Å²) in [4.78, 5) is 33.6. The number of fused-ring (bicyclic) bond motifs is 4. The molecule has 4 atom stereocenters. The number of nitrogens with zero attached hydrogens (tertiary/aromatic N) is 6. The monoisotopic (exact) mass is 656 g/mol. The first kappa shape index (κ1) is 32.5. The molecule has 7 rings (SSSR count). The van der Waals surface area contributed by atoms with Crippen LogP contribution in [0.1, 0.15) is 58.9 Å². The average Bonchev–Trinajstić information content (AvgIpc) is 3.56. The van der Waals surface area contributed by atoms with Crippen LogP contribution in [0, 0.1) is 5.82 Å². The number of rotatable bonds is 7. The van der Waals surface area contributed by atoms with E-state index in [0.29, 0.717) is 30.9 Å². The van der Waals surface area contributed by atoms with E-state index in [1.165, 1.54) is 0 Å². The third-order valence-corrected chi connectivity index (χ3v) is 10.3. The fourth-order valence-electron chi connectivity index (χ4n) is 7.80. The van der Waals surface area contributed by atoms with E-state index >= 15 is 4.39 Å². The Morgan fingerprint density at radius 3 is 2.40 bits per heavy atom. The molecule has 0 radical (unpaired) electrons. The van der Waals surface area contributed by atoms with Gasteiger partial charge >= 0.3 is 12.1 Å². The molecular formula is C37H45FN6O4. The predicted molar refractivity (Wildman–Crippen MR) is 184 cm³/mol. The minimum atomic E-state index is -0.587. The molecule has 3 aliphatic rings. The van der Waals surface area contributed by atoms with E-state index in [1.54, 1.807) is 6.20 Å². The second-order valence-corrected chi connectivity index (χ2v) is 14.4. The van der Waals surface area contributed by atoms with Crippen LogP contribution in [0.5, 0.6) is 6.01 Å². The van der Waals surface area contributed by atoms with Gasteiger partial charge in [0, 0.05) is 36.9 Å². The number of pyridine rings is 1. The Kier molecular flexibility index (Phi) is 8.62.